The van der Waals surface area contributed by atoms with Gasteiger partial charge >= 0.3 is 5.97 Å². The van der Waals surface area contributed by atoms with E-state index in [9.17, 15) is 15.0 Å². The normalized spacial score (nSPS) is 25.7. The molecule has 7 heteroatoms. The molecule has 0 aromatic heterocycles. The Labute approximate surface area is 176 Å². The Morgan fingerprint density at radius 3 is 2.93 bits per heavy atom. The van der Waals surface area contributed by atoms with Crippen molar-refractivity contribution >= 4 is 5.97 Å². The lowest BCUT2D eigenvalue weighted by Crippen LogP contribution is -2.39. The van der Waals surface area contributed by atoms with Gasteiger partial charge in [0.25, 0.3) is 0 Å². The standard InChI is InChI=1S/C23H30O7/c1-3-4-6-14(2)11-15(24)9-10-16-17(25)12-20-22(16)29-19-8-5-7-18(23(19)30-20)28-13-21(26)27/h5,7-10,15-17,20,22,24-25H,2-4,6,11-13H2,1H3,(H,26,27). The lowest BCUT2D eigenvalue weighted by atomic mass is 9.99. The smallest absolute Gasteiger partial charge is 0.341 e. The fourth-order valence-electron chi connectivity index (χ4n) is 3.91. The van der Waals surface area contributed by atoms with E-state index >= 15 is 0 Å². The van der Waals surface area contributed by atoms with Gasteiger partial charge in [-0.25, -0.2) is 4.79 Å². The maximum Gasteiger partial charge on any atom is 0.341 e. The first kappa shape index (κ1) is 22.2. The molecule has 1 aliphatic carbocycles. The van der Waals surface area contributed by atoms with Gasteiger partial charge in [0.2, 0.25) is 5.75 Å². The first-order valence-corrected chi connectivity index (χ1v) is 10.4. The summed E-state index contributed by atoms with van der Waals surface area (Å²) in [7, 11) is 0. The van der Waals surface area contributed by atoms with Crippen LogP contribution in [0.1, 0.15) is 39.0 Å². The lowest BCUT2D eigenvalue weighted by molar-refractivity contribution is -0.139. The summed E-state index contributed by atoms with van der Waals surface area (Å²) in [6, 6.07) is 5.04. The Hall–Kier alpha value is -2.51. The van der Waals surface area contributed by atoms with Gasteiger partial charge in [-0.2, -0.15) is 0 Å². The second-order valence-corrected chi connectivity index (χ2v) is 7.89. The minimum absolute atomic E-state index is 0.294. The molecule has 30 heavy (non-hydrogen) atoms. The van der Waals surface area contributed by atoms with Crippen molar-refractivity contribution in [2.75, 3.05) is 6.61 Å². The van der Waals surface area contributed by atoms with Crippen molar-refractivity contribution in [3.63, 3.8) is 0 Å². The summed E-state index contributed by atoms with van der Waals surface area (Å²) in [5.74, 6) is -0.322. The zero-order chi connectivity index (χ0) is 21.7. The number of carboxylic acids is 1. The molecule has 3 N–H and O–H groups in total. The number of hydrogen-bond acceptors (Lipinski definition) is 6. The summed E-state index contributed by atoms with van der Waals surface area (Å²) in [5.41, 5.74) is 1.01. The molecule has 0 radical (unpaired) electrons. The Balaban J connectivity index is 1.66. The number of aliphatic hydroxyl groups excluding tert-OH is 2. The van der Waals surface area contributed by atoms with Crippen LogP contribution >= 0.6 is 0 Å². The third-order valence-electron chi connectivity index (χ3n) is 5.43. The van der Waals surface area contributed by atoms with Crippen LogP contribution in [-0.4, -0.2) is 52.3 Å². The molecule has 0 bridgehead atoms. The lowest BCUT2D eigenvalue weighted by Gasteiger charge is -2.32. The van der Waals surface area contributed by atoms with Crippen LogP contribution in [0.15, 0.2) is 42.5 Å². The summed E-state index contributed by atoms with van der Waals surface area (Å²) in [6.45, 7) is 5.65. The van der Waals surface area contributed by atoms with E-state index in [-0.39, 0.29) is 5.92 Å². The Morgan fingerprint density at radius 1 is 1.40 bits per heavy atom. The van der Waals surface area contributed by atoms with Gasteiger partial charge in [0.1, 0.15) is 12.2 Å². The van der Waals surface area contributed by atoms with Crippen LogP contribution in [0.5, 0.6) is 17.2 Å². The summed E-state index contributed by atoms with van der Waals surface area (Å²) in [4.78, 5) is 10.8. The number of fused-ring (bicyclic) bond motifs is 2. The molecule has 0 spiro atoms. The highest BCUT2D eigenvalue weighted by Crippen LogP contribution is 2.46. The number of rotatable bonds is 10. The van der Waals surface area contributed by atoms with Gasteiger partial charge in [0, 0.05) is 12.3 Å². The van der Waals surface area contributed by atoms with Crippen LogP contribution in [-0.2, 0) is 4.79 Å². The van der Waals surface area contributed by atoms with Gasteiger partial charge in [-0.15, -0.1) is 0 Å². The molecule has 1 saturated carbocycles. The van der Waals surface area contributed by atoms with Crippen LogP contribution in [0, 0.1) is 5.92 Å². The van der Waals surface area contributed by atoms with Crippen molar-refractivity contribution in [1.29, 1.82) is 0 Å². The van der Waals surface area contributed by atoms with E-state index in [4.69, 9.17) is 19.3 Å². The SMILES string of the molecule is C=C(CCCC)CC(O)C=CC1C(O)CC2Oc3c(OCC(=O)O)cccc3OC21. The molecule has 0 saturated heterocycles. The average molecular weight is 418 g/mol. The fourth-order valence-corrected chi connectivity index (χ4v) is 3.91. The Kier molecular flexibility index (Phi) is 7.39. The van der Waals surface area contributed by atoms with Crippen molar-refractivity contribution in [2.45, 2.75) is 63.4 Å². The minimum atomic E-state index is -1.08. The summed E-state index contributed by atoms with van der Waals surface area (Å²) < 4.78 is 17.4. The maximum absolute atomic E-state index is 10.8. The zero-order valence-electron chi connectivity index (χ0n) is 17.2. The molecule has 1 aliphatic heterocycles. The van der Waals surface area contributed by atoms with Gasteiger partial charge in [0.05, 0.1) is 12.2 Å². The monoisotopic (exact) mass is 418 g/mol. The van der Waals surface area contributed by atoms with Crippen molar-refractivity contribution in [2.24, 2.45) is 5.92 Å². The first-order valence-electron chi connectivity index (χ1n) is 10.4. The van der Waals surface area contributed by atoms with E-state index in [1.807, 2.05) is 0 Å². The number of carbonyl (C=O) groups is 1. The predicted molar refractivity (Wildman–Crippen MR) is 111 cm³/mol. The third kappa shape index (κ3) is 5.34. The van der Waals surface area contributed by atoms with E-state index in [0.29, 0.717) is 30.1 Å². The van der Waals surface area contributed by atoms with Gasteiger partial charge in [0.15, 0.2) is 18.1 Å². The van der Waals surface area contributed by atoms with Gasteiger partial charge in [-0.05, 0) is 31.4 Å². The largest absolute Gasteiger partial charge is 0.482 e. The molecule has 1 aromatic rings. The van der Waals surface area contributed by atoms with Crippen LogP contribution < -0.4 is 14.2 Å². The molecule has 5 atom stereocenters. The molecule has 1 fully saturated rings. The number of benzene rings is 1. The highest BCUT2D eigenvalue weighted by molar-refractivity contribution is 5.68. The first-order chi connectivity index (χ1) is 14.4. The second kappa shape index (κ2) is 10.00. The molecule has 2 aliphatic rings. The van der Waals surface area contributed by atoms with Crippen molar-refractivity contribution in [3.05, 3.63) is 42.5 Å². The highest BCUT2D eigenvalue weighted by Gasteiger charge is 2.47. The van der Waals surface area contributed by atoms with E-state index in [1.54, 1.807) is 30.4 Å². The zero-order valence-corrected chi connectivity index (χ0v) is 17.2. The number of aliphatic hydroxyl groups is 2. The number of para-hydroxylation sites is 1. The Morgan fingerprint density at radius 2 is 2.20 bits per heavy atom. The number of ether oxygens (including phenoxy) is 3. The topological polar surface area (TPSA) is 105 Å². The molecule has 5 unspecified atom stereocenters. The van der Waals surface area contributed by atoms with Crippen molar-refractivity contribution in [1.82, 2.24) is 0 Å². The van der Waals surface area contributed by atoms with Gasteiger partial charge in [-0.3, -0.25) is 0 Å². The predicted octanol–water partition coefficient (Wildman–Crippen LogP) is 3.09. The molecule has 1 heterocycles. The van der Waals surface area contributed by atoms with Crippen molar-refractivity contribution < 1.29 is 34.3 Å². The van der Waals surface area contributed by atoms with Gasteiger partial charge < -0.3 is 29.5 Å². The van der Waals surface area contributed by atoms with E-state index in [1.165, 1.54) is 0 Å². The molecule has 3 rings (SSSR count). The number of unbranched alkanes of at least 4 members (excludes halogenated alkanes) is 1. The minimum Gasteiger partial charge on any atom is -0.482 e. The van der Waals surface area contributed by atoms with Crippen molar-refractivity contribution in [3.8, 4) is 17.2 Å². The quantitative estimate of drug-likeness (QED) is 0.502. The number of carboxylic acid groups (broad SMARTS) is 1. The highest BCUT2D eigenvalue weighted by atomic mass is 16.6. The second-order valence-electron chi connectivity index (χ2n) is 7.89. The average Bonchev–Trinajstić information content (AvgIpc) is 3.01. The summed E-state index contributed by atoms with van der Waals surface area (Å²) in [6.07, 6.45) is 5.26. The summed E-state index contributed by atoms with van der Waals surface area (Å²) >= 11 is 0. The van der Waals surface area contributed by atoms with Crippen LogP contribution in [0.25, 0.3) is 0 Å². The third-order valence-corrected chi connectivity index (χ3v) is 5.43. The maximum atomic E-state index is 10.8. The van der Waals surface area contributed by atoms with E-state index < -0.39 is 37.0 Å². The molecule has 164 valence electrons. The number of aliphatic carboxylic acids is 1. The van der Waals surface area contributed by atoms with Gasteiger partial charge in [-0.1, -0.05) is 43.7 Å². The number of hydrogen-bond donors (Lipinski definition) is 3. The molecular weight excluding hydrogens is 388 g/mol. The van der Waals surface area contributed by atoms with Crippen LogP contribution in [0.4, 0.5) is 0 Å². The molecular formula is C23H30O7. The molecule has 1 aromatic carbocycles. The van der Waals surface area contributed by atoms with E-state index in [2.05, 4.69) is 13.5 Å². The fraction of sp³-hybridized carbons (Fsp3) is 0.522. The summed E-state index contributed by atoms with van der Waals surface area (Å²) in [5, 5.41) is 29.7. The van der Waals surface area contributed by atoms with Crippen LogP contribution in [0.2, 0.25) is 0 Å². The molecule has 0 amide bonds. The Bertz CT molecular complexity index is 788. The van der Waals surface area contributed by atoms with E-state index in [0.717, 1.165) is 24.8 Å². The van der Waals surface area contributed by atoms with Crippen LogP contribution in [0.3, 0.4) is 0 Å². The molecule has 7 nitrogen and oxygen atoms in total.